The summed E-state index contributed by atoms with van der Waals surface area (Å²) in [5.74, 6) is 0. The molecular weight excluding hydrogens is 102 g/mol. The molecular formula is C6H9NO. The number of ether oxygens (including phenoxy) is 1. The topological polar surface area (TPSA) is 21.3 Å². The Morgan fingerprint density at radius 3 is 3.12 bits per heavy atom. The first-order chi connectivity index (χ1) is 3.93. The van der Waals surface area contributed by atoms with Crippen LogP contribution < -0.4 is 5.32 Å². The molecule has 1 aliphatic heterocycles. The zero-order valence-electron chi connectivity index (χ0n) is 4.63. The predicted molar refractivity (Wildman–Crippen MR) is 32.2 cm³/mol. The highest BCUT2D eigenvalue weighted by Gasteiger charge is 2.02. The van der Waals surface area contributed by atoms with Crippen molar-refractivity contribution in [2.45, 2.75) is 6.10 Å². The highest BCUT2D eigenvalue weighted by molar-refractivity contribution is 4.90. The zero-order chi connectivity index (χ0) is 5.82. The summed E-state index contributed by atoms with van der Waals surface area (Å²) in [6, 6.07) is 0. The first-order valence-electron chi connectivity index (χ1n) is 2.60. The molecule has 44 valence electrons. The molecule has 1 heterocycles. The molecule has 1 unspecified atom stereocenters. The van der Waals surface area contributed by atoms with Crippen LogP contribution in [0.3, 0.4) is 0 Å². The van der Waals surface area contributed by atoms with Crippen molar-refractivity contribution in [1.82, 2.24) is 5.32 Å². The molecule has 0 bridgehead atoms. The summed E-state index contributed by atoms with van der Waals surface area (Å²) in [4.78, 5) is 0. The van der Waals surface area contributed by atoms with Gasteiger partial charge in [-0.2, -0.15) is 0 Å². The van der Waals surface area contributed by atoms with Gasteiger partial charge >= 0.3 is 0 Å². The smallest absolute Gasteiger partial charge is 0.133 e. The minimum absolute atomic E-state index is 0.153. The lowest BCUT2D eigenvalue weighted by atomic mass is 10.3. The summed E-state index contributed by atoms with van der Waals surface area (Å²) < 4.78 is 5.07. The van der Waals surface area contributed by atoms with Crippen LogP contribution in [0, 0.1) is 0 Å². The molecule has 0 amide bonds. The van der Waals surface area contributed by atoms with E-state index in [0.29, 0.717) is 0 Å². The van der Waals surface area contributed by atoms with Crippen molar-refractivity contribution in [2.24, 2.45) is 0 Å². The molecule has 0 saturated heterocycles. The van der Waals surface area contributed by atoms with Crippen LogP contribution >= 0.6 is 0 Å². The van der Waals surface area contributed by atoms with Gasteiger partial charge in [0, 0.05) is 6.20 Å². The van der Waals surface area contributed by atoms with E-state index in [1.165, 1.54) is 0 Å². The summed E-state index contributed by atoms with van der Waals surface area (Å²) in [7, 11) is 0. The molecule has 0 spiro atoms. The van der Waals surface area contributed by atoms with Crippen molar-refractivity contribution in [3.63, 3.8) is 0 Å². The van der Waals surface area contributed by atoms with Crippen molar-refractivity contribution >= 4 is 0 Å². The quantitative estimate of drug-likeness (QED) is 0.501. The van der Waals surface area contributed by atoms with Gasteiger partial charge in [-0.25, -0.2) is 0 Å². The van der Waals surface area contributed by atoms with Crippen LogP contribution in [0.4, 0.5) is 0 Å². The van der Waals surface area contributed by atoms with Crippen LogP contribution in [0.25, 0.3) is 0 Å². The predicted octanol–water partition coefficient (Wildman–Crippen LogP) is 0.632. The van der Waals surface area contributed by atoms with Gasteiger partial charge in [-0.1, -0.05) is 6.58 Å². The Bertz CT molecular complexity index is 109. The fourth-order valence-corrected chi connectivity index (χ4v) is 0.560. The van der Waals surface area contributed by atoms with E-state index >= 15 is 0 Å². The molecule has 0 aromatic carbocycles. The van der Waals surface area contributed by atoms with Gasteiger partial charge in [0.15, 0.2) is 0 Å². The molecule has 2 heteroatoms. The Balaban J connectivity index is 2.37. The second-order valence-electron chi connectivity index (χ2n) is 1.62. The van der Waals surface area contributed by atoms with Crippen molar-refractivity contribution in [1.29, 1.82) is 0 Å². The van der Waals surface area contributed by atoms with Crippen molar-refractivity contribution in [3.05, 3.63) is 25.1 Å². The van der Waals surface area contributed by atoms with Gasteiger partial charge in [0.05, 0.1) is 12.8 Å². The van der Waals surface area contributed by atoms with E-state index < -0.39 is 0 Å². The normalized spacial score (nSPS) is 25.8. The average molecular weight is 111 g/mol. The molecule has 0 aromatic rings. The van der Waals surface area contributed by atoms with Crippen LogP contribution in [0.15, 0.2) is 25.1 Å². The summed E-state index contributed by atoms with van der Waals surface area (Å²) in [5.41, 5.74) is 0. The van der Waals surface area contributed by atoms with Gasteiger partial charge < -0.3 is 10.1 Å². The van der Waals surface area contributed by atoms with Gasteiger partial charge in [0.25, 0.3) is 0 Å². The Kier molecular flexibility index (Phi) is 1.57. The van der Waals surface area contributed by atoms with Gasteiger partial charge in [-0.15, -0.1) is 0 Å². The third-order valence-corrected chi connectivity index (χ3v) is 1.02. The lowest BCUT2D eigenvalue weighted by Crippen LogP contribution is -2.26. The Hall–Kier alpha value is -0.920. The molecule has 1 N–H and O–H groups in total. The maximum Gasteiger partial charge on any atom is 0.133 e. The Labute approximate surface area is 48.8 Å². The van der Waals surface area contributed by atoms with E-state index in [4.69, 9.17) is 4.74 Å². The lowest BCUT2D eigenvalue weighted by Gasteiger charge is -2.15. The second kappa shape index (κ2) is 2.40. The maximum atomic E-state index is 5.07. The molecule has 0 saturated carbocycles. The Morgan fingerprint density at radius 1 is 1.88 bits per heavy atom. The number of rotatable bonds is 1. The SMILES string of the molecule is C=CC1CNC=CO1. The molecule has 0 fully saturated rings. The minimum atomic E-state index is 0.153. The number of nitrogens with one attached hydrogen (secondary N) is 1. The first-order valence-corrected chi connectivity index (χ1v) is 2.60. The Morgan fingerprint density at radius 2 is 2.75 bits per heavy atom. The number of hydrogen-bond acceptors (Lipinski definition) is 2. The van der Waals surface area contributed by atoms with E-state index in [9.17, 15) is 0 Å². The van der Waals surface area contributed by atoms with Crippen LogP contribution in [-0.4, -0.2) is 12.6 Å². The summed E-state index contributed by atoms with van der Waals surface area (Å²) >= 11 is 0. The molecule has 0 radical (unpaired) electrons. The second-order valence-corrected chi connectivity index (χ2v) is 1.62. The lowest BCUT2D eigenvalue weighted by molar-refractivity contribution is 0.173. The van der Waals surface area contributed by atoms with Gasteiger partial charge in [0.2, 0.25) is 0 Å². The van der Waals surface area contributed by atoms with E-state index in [1.54, 1.807) is 18.5 Å². The van der Waals surface area contributed by atoms with Gasteiger partial charge in [-0.3, -0.25) is 0 Å². The highest BCUT2D eigenvalue weighted by Crippen LogP contribution is 1.95. The molecule has 1 atom stereocenters. The molecule has 0 aromatic heterocycles. The number of hydrogen-bond donors (Lipinski definition) is 1. The van der Waals surface area contributed by atoms with Crippen molar-refractivity contribution in [2.75, 3.05) is 6.54 Å². The van der Waals surface area contributed by atoms with Crippen LogP contribution in [-0.2, 0) is 4.74 Å². The van der Waals surface area contributed by atoms with Crippen LogP contribution in [0.1, 0.15) is 0 Å². The third-order valence-electron chi connectivity index (χ3n) is 1.02. The summed E-state index contributed by atoms with van der Waals surface area (Å²) in [6.07, 6.45) is 5.34. The van der Waals surface area contributed by atoms with Crippen LogP contribution in [0.2, 0.25) is 0 Å². The van der Waals surface area contributed by atoms with E-state index in [2.05, 4.69) is 11.9 Å². The molecule has 0 aliphatic carbocycles. The van der Waals surface area contributed by atoms with E-state index in [0.717, 1.165) is 6.54 Å². The summed E-state index contributed by atoms with van der Waals surface area (Å²) in [5, 5.41) is 3.01. The maximum absolute atomic E-state index is 5.07. The van der Waals surface area contributed by atoms with Gasteiger partial charge in [-0.05, 0) is 6.08 Å². The molecule has 8 heavy (non-hydrogen) atoms. The standard InChI is InChI=1S/C6H9NO/c1-2-6-5-7-3-4-8-6/h2-4,6-7H,1,5H2. The van der Waals surface area contributed by atoms with Crippen LogP contribution in [0.5, 0.6) is 0 Å². The molecule has 1 rings (SSSR count). The van der Waals surface area contributed by atoms with E-state index in [-0.39, 0.29) is 6.10 Å². The van der Waals surface area contributed by atoms with Crippen molar-refractivity contribution in [3.8, 4) is 0 Å². The third kappa shape index (κ3) is 1.03. The fraction of sp³-hybridized carbons (Fsp3) is 0.333. The zero-order valence-corrected chi connectivity index (χ0v) is 4.63. The van der Waals surface area contributed by atoms with E-state index in [1.807, 2.05) is 0 Å². The average Bonchev–Trinajstić information content (AvgIpc) is 1.90. The van der Waals surface area contributed by atoms with Crippen molar-refractivity contribution < 1.29 is 4.74 Å². The monoisotopic (exact) mass is 111 g/mol. The molecule has 1 aliphatic rings. The largest absolute Gasteiger partial charge is 0.491 e. The van der Waals surface area contributed by atoms with Gasteiger partial charge in [0.1, 0.15) is 6.10 Å². The minimum Gasteiger partial charge on any atom is -0.491 e. The first kappa shape index (κ1) is 5.22. The highest BCUT2D eigenvalue weighted by atomic mass is 16.5. The summed E-state index contributed by atoms with van der Waals surface area (Å²) in [6.45, 7) is 4.42. The fourth-order valence-electron chi connectivity index (χ4n) is 0.560. The molecule has 2 nitrogen and oxygen atoms in total.